The van der Waals surface area contributed by atoms with E-state index in [9.17, 15) is 9.18 Å². The molecule has 0 saturated carbocycles. The van der Waals surface area contributed by atoms with Crippen LogP contribution >= 0.6 is 0 Å². The molecule has 1 heterocycles. The lowest BCUT2D eigenvalue weighted by Gasteiger charge is -2.32. The fraction of sp³-hybridized carbons (Fsp3) is 0.500. The van der Waals surface area contributed by atoms with Crippen molar-refractivity contribution in [3.05, 3.63) is 35.1 Å². The first-order chi connectivity index (χ1) is 8.51. The maximum atomic E-state index is 13.0. The minimum Gasteiger partial charge on any atom is -0.381 e. The Morgan fingerprint density at radius 2 is 2.11 bits per heavy atom. The Kier molecular flexibility index (Phi) is 3.78. The van der Waals surface area contributed by atoms with Gasteiger partial charge in [-0.3, -0.25) is 4.79 Å². The van der Waals surface area contributed by atoms with Crippen LogP contribution in [0.5, 0.6) is 0 Å². The lowest BCUT2D eigenvalue weighted by Crippen LogP contribution is -2.52. The van der Waals surface area contributed by atoms with Gasteiger partial charge in [0.2, 0.25) is 0 Å². The number of aryl methyl sites for hydroxylation is 1. The number of benzene rings is 1. The van der Waals surface area contributed by atoms with E-state index >= 15 is 0 Å². The number of hydrogen-bond acceptors (Lipinski definition) is 3. The molecule has 4 heteroatoms. The molecule has 0 aromatic heterocycles. The van der Waals surface area contributed by atoms with Gasteiger partial charge in [0.1, 0.15) is 5.82 Å². The molecule has 1 aromatic carbocycles. The minimum atomic E-state index is -0.779. The van der Waals surface area contributed by atoms with Crippen LogP contribution in [0.25, 0.3) is 0 Å². The summed E-state index contributed by atoms with van der Waals surface area (Å²) in [5.41, 5.74) is 6.98. The zero-order valence-electron chi connectivity index (χ0n) is 10.5. The summed E-state index contributed by atoms with van der Waals surface area (Å²) in [4.78, 5) is 12.3. The highest BCUT2D eigenvalue weighted by Gasteiger charge is 2.35. The number of ether oxygens (including phenoxy) is 1. The van der Waals surface area contributed by atoms with Gasteiger partial charge in [-0.05, 0) is 43.0 Å². The van der Waals surface area contributed by atoms with Gasteiger partial charge in [-0.2, -0.15) is 0 Å². The fourth-order valence-corrected chi connectivity index (χ4v) is 2.22. The lowest BCUT2D eigenvalue weighted by molar-refractivity contribution is -0.126. The number of ketones is 1. The summed E-state index contributed by atoms with van der Waals surface area (Å²) in [5, 5.41) is 0. The molecule has 0 amide bonds. The molecule has 0 atom stereocenters. The van der Waals surface area contributed by atoms with Gasteiger partial charge in [0.05, 0.1) is 5.54 Å². The molecule has 0 unspecified atom stereocenters. The molecule has 0 spiro atoms. The summed E-state index contributed by atoms with van der Waals surface area (Å²) >= 11 is 0. The Morgan fingerprint density at radius 1 is 1.44 bits per heavy atom. The third kappa shape index (κ3) is 2.76. The van der Waals surface area contributed by atoms with Crippen LogP contribution in [0, 0.1) is 12.7 Å². The van der Waals surface area contributed by atoms with Crippen molar-refractivity contribution in [3.63, 3.8) is 0 Å². The molecule has 98 valence electrons. The highest BCUT2D eigenvalue weighted by Crippen LogP contribution is 2.22. The Labute approximate surface area is 106 Å². The van der Waals surface area contributed by atoms with E-state index in [0.29, 0.717) is 26.1 Å². The smallest absolute Gasteiger partial charge is 0.157 e. The first kappa shape index (κ1) is 13.2. The second-order valence-electron chi connectivity index (χ2n) is 4.94. The Hall–Kier alpha value is -1.26. The first-order valence-electron chi connectivity index (χ1n) is 6.16. The maximum Gasteiger partial charge on any atom is 0.157 e. The van der Waals surface area contributed by atoms with E-state index < -0.39 is 5.54 Å². The van der Waals surface area contributed by atoms with Crippen LogP contribution in [0.4, 0.5) is 4.39 Å². The molecule has 1 saturated heterocycles. The van der Waals surface area contributed by atoms with E-state index in [1.54, 1.807) is 13.0 Å². The van der Waals surface area contributed by atoms with Crippen molar-refractivity contribution in [1.82, 2.24) is 0 Å². The van der Waals surface area contributed by atoms with Gasteiger partial charge in [0.15, 0.2) is 5.78 Å². The molecule has 0 radical (unpaired) electrons. The topological polar surface area (TPSA) is 52.3 Å². The predicted molar refractivity (Wildman–Crippen MR) is 66.8 cm³/mol. The van der Waals surface area contributed by atoms with Crippen molar-refractivity contribution in [2.75, 3.05) is 13.2 Å². The second-order valence-corrected chi connectivity index (χ2v) is 4.94. The summed E-state index contributed by atoms with van der Waals surface area (Å²) in [6, 6.07) is 4.48. The summed E-state index contributed by atoms with van der Waals surface area (Å²) in [5.74, 6) is -0.266. The number of nitrogens with two attached hydrogens (primary N) is 1. The fourth-order valence-electron chi connectivity index (χ4n) is 2.22. The summed E-state index contributed by atoms with van der Waals surface area (Å²) in [7, 11) is 0. The van der Waals surface area contributed by atoms with Gasteiger partial charge in [0, 0.05) is 19.6 Å². The highest BCUT2D eigenvalue weighted by molar-refractivity contribution is 5.90. The SMILES string of the molecule is Cc1cc(F)ccc1CC(=O)C1(N)CCOCC1. The molecule has 1 aliphatic heterocycles. The third-order valence-electron chi connectivity index (χ3n) is 3.60. The number of carbonyl (C=O) groups excluding carboxylic acids is 1. The Morgan fingerprint density at radius 3 is 2.72 bits per heavy atom. The molecule has 0 bridgehead atoms. The maximum absolute atomic E-state index is 13.0. The van der Waals surface area contributed by atoms with Crippen molar-refractivity contribution in [2.24, 2.45) is 5.73 Å². The van der Waals surface area contributed by atoms with Gasteiger partial charge in [-0.15, -0.1) is 0 Å². The van der Waals surface area contributed by atoms with Gasteiger partial charge in [-0.1, -0.05) is 6.07 Å². The summed E-state index contributed by atoms with van der Waals surface area (Å²) in [6.07, 6.45) is 1.39. The summed E-state index contributed by atoms with van der Waals surface area (Å²) in [6.45, 7) is 2.87. The third-order valence-corrected chi connectivity index (χ3v) is 3.60. The average molecular weight is 251 g/mol. The van der Waals surface area contributed by atoms with Crippen LogP contribution in [0.1, 0.15) is 24.0 Å². The molecule has 18 heavy (non-hydrogen) atoms. The van der Waals surface area contributed by atoms with Crippen LogP contribution in [0.3, 0.4) is 0 Å². The van der Waals surface area contributed by atoms with E-state index in [1.807, 2.05) is 0 Å². The van der Waals surface area contributed by atoms with Gasteiger partial charge in [0.25, 0.3) is 0 Å². The standard InChI is InChI=1S/C14H18FNO2/c1-10-8-12(15)3-2-11(10)9-13(17)14(16)4-6-18-7-5-14/h2-3,8H,4-7,9,16H2,1H3. The van der Waals surface area contributed by atoms with Crippen LogP contribution in [-0.2, 0) is 16.0 Å². The zero-order chi connectivity index (χ0) is 13.2. The van der Waals surface area contributed by atoms with Crippen molar-refractivity contribution in [3.8, 4) is 0 Å². The lowest BCUT2D eigenvalue weighted by atomic mass is 9.83. The van der Waals surface area contributed by atoms with Gasteiger partial charge >= 0.3 is 0 Å². The zero-order valence-corrected chi connectivity index (χ0v) is 10.5. The number of hydrogen-bond donors (Lipinski definition) is 1. The molecule has 2 N–H and O–H groups in total. The van der Waals surface area contributed by atoms with Crippen molar-refractivity contribution < 1.29 is 13.9 Å². The molecule has 0 aliphatic carbocycles. The number of carbonyl (C=O) groups is 1. The van der Waals surface area contributed by atoms with Crippen LogP contribution in [-0.4, -0.2) is 24.5 Å². The van der Waals surface area contributed by atoms with Crippen LogP contribution < -0.4 is 5.73 Å². The van der Waals surface area contributed by atoms with E-state index in [2.05, 4.69) is 0 Å². The van der Waals surface area contributed by atoms with Gasteiger partial charge in [-0.25, -0.2) is 4.39 Å². The molecule has 1 aromatic rings. The highest BCUT2D eigenvalue weighted by atomic mass is 19.1. The van der Waals surface area contributed by atoms with Crippen molar-refractivity contribution in [2.45, 2.75) is 31.7 Å². The molecule has 2 rings (SSSR count). The number of rotatable bonds is 3. The Bertz CT molecular complexity index is 453. The normalized spacial score (nSPS) is 18.6. The molecule has 3 nitrogen and oxygen atoms in total. The van der Waals surface area contributed by atoms with E-state index in [-0.39, 0.29) is 18.0 Å². The summed E-state index contributed by atoms with van der Waals surface area (Å²) < 4.78 is 18.2. The number of Topliss-reactive ketones (excluding diaryl/α,β-unsaturated/α-hetero) is 1. The van der Waals surface area contributed by atoms with E-state index in [0.717, 1.165) is 11.1 Å². The van der Waals surface area contributed by atoms with Crippen molar-refractivity contribution >= 4 is 5.78 Å². The van der Waals surface area contributed by atoms with E-state index in [1.165, 1.54) is 12.1 Å². The monoisotopic (exact) mass is 251 g/mol. The molecular weight excluding hydrogens is 233 g/mol. The van der Waals surface area contributed by atoms with Crippen LogP contribution in [0.15, 0.2) is 18.2 Å². The Balaban J connectivity index is 2.11. The predicted octanol–water partition coefficient (Wildman–Crippen LogP) is 1.75. The first-order valence-corrected chi connectivity index (χ1v) is 6.16. The molecule has 1 fully saturated rings. The molecular formula is C14H18FNO2. The number of halogens is 1. The van der Waals surface area contributed by atoms with Gasteiger partial charge < -0.3 is 10.5 Å². The van der Waals surface area contributed by atoms with Crippen molar-refractivity contribution in [1.29, 1.82) is 0 Å². The van der Waals surface area contributed by atoms with E-state index in [4.69, 9.17) is 10.5 Å². The molecule has 1 aliphatic rings. The largest absolute Gasteiger partial charge is 0.381 e. The second kappa shape index (κ2) is 5.16. The average Bonchev–Trinajstić information content (AvgIpc) is 2.33. The van der Waals surface area contributed by atoms with Crippen LogP contribution in [0.2, 0.25) is 0 Å². The quantitative estimate of drug-likeness (QED) is 0.890. The minimum absolute atomic E-state index is 0.0144.